The Balaban J connectivity index is 1.72. The highest BCUT2D eigenvalue weighted by Crippen LogP contribution is 2.36. The zero-order chi connectivity index (χ0) is 15.3. The highest BCUT2D eigenvalue weighted by Gasteiger charge is 2.36. The van der Waals surface area contributed by atoms with E-state index in [4.69, 9.17) is 0 Å². The standard InChI is InChI=1S/C16H20BrF2NO/c17-14-6-2-1-5-13(14)7-8-15(21)20-11-12-4-3-9-16(18,19)10-12/h1-2,5-6,12H,3-4,7-11H2,(H,20,21)/t12-/m1/s1. The Hall–Kier alpha value is -0.970. The Labute approximate surface area is 132 Å². The number of carbonyl (C=O) groups excluding carboxylic acids is 1. The zero-order valence-electron chi connectivity index (χ0n) is 11.9. The second kappa shape index (κ2) is 7.34. The van der Waals surface area contributed by atoms with Crippen molar-refractivity contribution in [2.75, 3.05) is 6.54 Å². The lowest BCUT2D eigenvalue weighted by Crippen LogP contribution is -2.35. The quantitative estimate of drug-likeness (QED) is 0.832. The summed E-state index contributed by atoms with van der Waals surface area (Å²) < 4.78 is 27.5. The Morgan fingerprint density at radius 1 is 1.38 bits per heavy atom. The molecule has 1 atom stereocenters. The van der Waals surface area contributed by atoms with Crippen molar-refractivity contribution in [1.29, 1.82) is 0 Å². The van der Waals surface area contributed by atoms with Crippen LogP contribution in [-0.4, -0.2) is 18.4 Å². The molecule has 0 aromatic heterocycles. The molecule has 0 aliphatic heterocycles. The van der Waals surface area contributed by atoms with E-state index in [1.807, 2.05) is 24.3 Å². The van der Waals surface area contributed by atoms with Crippen molar-refractivity contribution in [2.45, 2.75) is 44.4 Å². The average Bonchev–Trinajstić information content (AvgIpc) is 2.43. The zero-order valence-corrected chi connectivity index (χ0v) is 13.5. The molecule has 0 unspecified atom stereocenters. The van der Waals surface area contributed by atoms with Crippen LogP contribution in [0.4, 0.5) is 8.78 Å². The average molecular weight is 360 g/mol. The SMILES string of the molecule is O=C(CCc1ccccc1Br)NC[C@@H]1CCCC(F)(F)C1. The second-order valence-electron chi connectivity index (χ2n) is 5.71. The molecule has 2 rings (SSSR count). The maximum atomic E-state index is 13.3. The van der Waals surface area contributed by atoms with E-state index in [0.717, 1.165) is 16.5 Å². The number of carbonyl (C=O) groups is 1. The van der Waals surface area contributed by atoms with Crippen LogP contribution in [0.5, 0.6) is 0 Å². The molecule has 0 spiro atoms. The van der Waals surface area contributed by atoms with Crippen LogP contribution in [0, 0.1) is 5.92 Å². The molecule has 116 valence electrons. The molecule has 0 bridgehead atoms. The Morgan fingerprint density at radius 3 is 2.86 bits per heavy atom. The van der Waals surface area contributed by atoms with E-state index in [0.29, 0.717) is 25.8 Å². The molecular weight excluding hydrogens is 340 g/mol. The Bertz CT molecular complexity index is 493. The first-order valence-electron chi connectivity index (χ1n) is 7.34. The molecule has 0 heterocycles. The fourth-order valence-electron chi connectivity index (χ4n) is 2.75. The molecule has 0 radical (unpaired) electrons. The minimum atomic E-state index is -2.55. The van der Waals surface area contributed by atoms with Crippen molar-refractivity contribution in [1.82, 2.24) is 5.32 Å². The van der Waals surface area contributed by atoms with Gasteiger partial charge in [0.2, 0.25) is 11.8 Å². The molecule has 2 nitrogen and oxygen atoms in total. The second-order valence-corrected chi connectivity index (χ2v) is 6.57. The molecule has 1 aromatic rings. The number of nitrogens with one attached hydrogen (secondary N) is 1. The van der Waals surface area contributed by atoms with Gasteiger partial charge in [0, 0.05) is 30.3 Å². The highest BCUT2D eigenvalue weighted by atomic mass is 79.9. The van der Waals surface area contributed by atoms with E-state index in [-0.39, 0.29) is 24.7 Å². The lowest BCUT2D eigenvalue weighted by Gasteiger charge is -2.28. The molecule has 1 fully saturated rings. The van der Waals surface area contributed by atoms with Gasteiger partial charge in [0.05, 0.1) is 0 Å². The number of amides is 1. The predicted octanol–water partition coefficient (Wildman–Crippen LogP) is 4.32. The molecule has 1 amide bonds. The number of halogens is 3. The monoisotopic (exact) mass is 359 g/mol. The molecule has 1 aliphatic rings. The first kappa shape index (κ1) is 16.4. The summed E-state index contributed by atoms with van der Waals surface area (Å²) in [6.45, 7) is 0.365. The first-order chi connectivity index (χ1) is 9.96. The van der Waals surface area contributed by atoms with Gasteiger partial charge in [-0.1, -0.05) is 34.1 Å². The summed E-state index contributed by atoms with van der Waals surface area (Å²) in [6, 6.07) is 7.77. The van der Waals surface area contributed by atoms with Crippen LogP contribution in [-0.2, 0) is 11.2 Å². The maximum absolute atomic E-state index is 13.3. The summed E-state index contributed by atoms with van der Waals surface area (Å²) in [5.74, 6) is -2.72. The first-order valence-corrected chi connectivity index (χ1v) is 8.13. The largest absolute Gasteiger partial charge is 0.356 e. The summed E-state index contributed by atoms with van der Waals surface area (Å²) in [5, 5.41) is 2.79. The molecule has 1 N–H and O–H groups in total. The van der Waals surface area contributed by atoms with Gasteiger partial charge in [-0.2, -0.15) is 0 Å². The van der Waals surface area contributed by atoms with Crippen molar-refractivity contribution in [3.05, 3.63) is 34.3 Å². The van der Waals surface area contributed by atoms with Gasteiger partial charge in [-0.15, -0.1) is 0 Å². The molecule has 21 heavy (non-hydrogen) atoms. The van der Waals surface area contributed by atoms with Crippen molar-refractivity contribution >= 4 is 21.8 Å². The number of aryl methyl sites for hydroxylation is 1. The molecule has 1 aromatic carbocycles. The maximum Gasteiger partial charge on any atom is 0.248 e. The van der Waals surface area contributed by atoms with Crippen LogP contribution in [0.3, 0.4) is 0 Å². The van der Waals surface area contributed by atoms with Gasteiger partial charge >= 0.3 is 0 Å². The fraction of sp³-hybridized carbons (Fsp3) is 0.562. The van der Waals surface area contributed by atoms with E-state index in [1.54, 1.807) is 0 Å². The number of benzene rings is 1. The number of hydrogen-bond acceptors (Lipinski definition) is 1. The van der Waals surface area contributed by atoms with Crippen molar-refractivity contribution in [3.8, 4) is 0 Å². The number of rotatable bonds is 5. The molecule has 1 saturated carbocycles. The fourth-order valence-corrected chi connectivity index (χ4v) is 3.23. The van der Waals surface area contributed by atoms with Gasteiger partial charge in [-0.05, 0) is 36.8 Å². The van der Waals surface area contributed by atoms with Crippen molar-refractivity contribution < 1.29 is 13.6 Å². The summed E-state index contributed by atoms with van der Waals surface area (Å²) in [5.41, 5.74) is 1.08. The van der Waals surface area contributed by atoms with E-state index in [2.05, 4.69) is 21.2 Å². The lowest BCUT2D eigenvalue weighted by atomic mass is 9.86. The molecule has 1 aliphatic carbocycles. The Morgan fingerprint density at radius 2 is 2.14 bits per heavy atom. The van der Waals surface area contributed by atoms with E-state index >= 15 is 0 Å². The van der Waals surface area contributed by atoms with Gasteiger partial charge in [0.1, 0.15) is 0 Å². The van der Waals surface area contributed by atoms with Crippen molar-refractivity contribution in [2.24, 2.45) is 5.92 Å². The third-order valence-corrected chi connectivity index (χ3v) is 4.68. The number of hydrogen-bond donors (Lipinski definition) is 1. The van der Waals surface area contributed by atoms with Gasteiger partial charge in [0.15, 0.2) is 0 Å². The normalized spacial score (nSPS) is 21.0. The molecular formula is C16H20BrF2NO. The summed E-state index contributed by atoms with van der Waals surface area (Å²) in [6.07, 6.45) is 2.24. The van der Waals surface area contributed by atoms with Crippen molar-refractivity contribution in [3.63, 3.8) is 0 Å². The minimum absolute atomic E-state index is 0.0144. The van der Waals surface area contributed by atoms with Crippen LogP contribution >= 0.6 is 15.9 Å². The highest BCUT2D eigenvalue weighted by molar-refractivity contribution is 9.10. The van der Waals surface area contributed by atoms with E-state index in [1.165, 1.54) is 0 Å². The third-order valence-electron chi connectivity index (χ3n) is 3.91. The van der Waals surface area contributed by atoms with Gasteiger partial charge in [-0.25, -0.2) is 8.78 Å². The molecule has 5 heteroatoms. The van der Waals surface area contributed by atoms with E-state index < -0.39 is 5.92 Å². The van der Waals surface area contributed by atoms with Gasteiger partial charge in [-0.3, -0.25) is 4.79 Å². The molecule has 0 saturated heterocycles. The van der Waals surface area contributed by atoms with Crippen LogP contribution in [0.15, 0.2) is 28.7 Å². The minimum Gasteiger partial charge on any atom is -0.356 e. The van der Waals surface area contributed by atoms with Crippen LogP contribution in [0.2, 0.25) is 0 Å². The van der Waals surface area contributed by atoms with Crippen LogP contribution < -0.4 is 5.32 Å². The van der Waals surface area contributed by atoms with Crippen LogP contribution in [0.25, 0.3) is 0 Å². The smallest absolute Gasteiger partial charge is 0.248 e. The number of alkyl halides is 2. The lowest BCUT2D eigenvalue weighted by molar-refractivity contribution is -0.121. The topological polar surface area (TPSA) is 29.1 Å². The summed E-state index contributed by atoms with van der Waals surface area (Å²) in [7, 11) is 0. The van der Waals surface area contributed by atoms with E-state index in [9.17, 15) is 13.6 Å². The Kier molecular flexibility index (Phi) is 5.73. The van der Waals surface area contributed by atoms with Gasteiger partial charge in [0.25, 0.3) is 0 Å². The van der Waals surface area contributed by atoms with Crippen LogP contribution in [0.1, 0.15) is 37.7 Å². The third kappa shape index (κ3) is 5.38. The summed E-state index contributed by atoms with van der Waals surface area (Å²) in [4.78, 5) is 11.8. The summed E-state index contributed by atoms with van der Waals surface area (Å²) >= 11 is 3.45. The predicted molar refractivity (Wildman–Crippen MR) is 82.4 cm³/mol. The van der Waals surface area contributed by atoms with Gasteiger partial charge < -0.3 is 5.32 Å².